The fraction of sp³-hybridized carbons (Fsp3) is 0.154. The zero-order valence-corrected chi connectivity index (χ0v) is 8.67. The van der Waals surface area contributed by atoms with Crippen LogP contribution in [0.1, 0.15) is 12.0 Å². The van der Waals surface area contributed by atoms with Gasteiger partial charge in [0.05, 0.1) is 0 Å². The highest BCUT2D eigenvalue weighted by molar-refractivity contribution is 5.55. The summed E-state index contributed by atoms with van der Waals surface area (Å²) in [6.07, 6.45) is 7.12. The predicted octanol–water partition coefficient (Wildman–Crippen LogP) is 2.69. The van der Waals surface area contributed by atoms with E-state index in [0.29, 0.717) is 6.54 Å². The van der Waals surface area contributed by atoms with Crippen molar-refractivity contribution in [3.05, 3.63) is 54.8 Å². The maximum absolute atomic E-state index is 10.7. The van der Waals surface area contributed by atoms with E-state index in [9.17, 15) is 4.79 Å². The molecule has 0 N–H and O–H groups in total. The summed E-state index contributed by atoms with van der Waals surface area (Å²) < 4.78 is 0. The number of carbonyl (C=O) groups excluding carboxylic acids is 1. The van der Waals surface area contributed by atoms with E-state index >= 15 is 0 Å². The molecule has 0 bridgehead atoms. The topological polar surface area (TPSA) is 20.3 Å². The molecule has 0 saturated carbocycles. The Hall–Kier alpha value is -1.83. The van der Waals surface area contributed by atoms with Crippen molar-refractivity contribution < 1.29 is 4.79 Å². The normalized spacial score (nSPS) is 10.1. The van der Waals surface area contributed by atoms with Crippen molar-refractivity contribution in [1.82, 2.24) is 4.90 Å². The molecule has 15 heavy (non-hydrogen) atoms. The second kappa shape index (κ2) is 6.60. The number of benzene rings is 1. The van der Waals surface area contributed by atoms with Crippen LogP contribution in [0, 0.1) is 0 Å². The maximum Gasteiger partial charge on any atom is 0.213 e. The van der Waals surface area contributed by atoms with Crippen LogP contribution < -0.4 is 0 Å². The minimum absolute atomic E-state index is 0.677. The molecule has 1 amide bonds. The van der Waals surface area contributed by atoms with E-state index in [1.165, 1.54) is 0 Å². The molecule has 0 spiro atoms. The first kappa shape index (κ1) is 11.2. The number of nitrogens with zero attached hydrogens (tertiary/aromatic N) is 1. The molecule has 0 aliphatic heterocycles. The first-order chi connectivity index (χ1) is 7.36. The van der Waals surface area contributed by atoms with Gasteiger partial charge in [0, 0.05) is 12.7 Å². The summed E-state index contributed by atoms with van der Waals surface area (Å²) in [7, 11) is 0. The molecule has 78 valence electrons. The van der Waals surface area contributed by atoms with Crippen molar-refractivity contribution in [2.24, 2.45) is 0 Å². The highest BCUT2D eigenvalue weighted by Crippen LogP contribution is 2.02. The van der Waals surface area contributed by atoms with Crippen LogP contribution >= 0.6 is 0 Å². The minimum Gasteiger partial charge on any atom is -0.321 e. The summed E-state index contributed by atoms with van der Waals surface area (Å²) in [6.45, 7) is 4.30. The third-order valence-electron chi connectivity index (χ3n) is 1.98. The van der Waals surface area contributed by atoms with Crippen molar-refractivity contribution in [1.29, 1.82) is 0 Å². The van der Waals surface area contributed by atoms with Crippen LogP contribution in [0.25, 0.3) is 6.08 Å². The average molecular weight is 201 g/mol. The van der Waals surface area contributed by atoms with Crippen LogP contribution in [-0.4, -0.2) is 17.9 Å². The van der Waals surface area contributed by atoms with Gasteiger partial charge in [0.1, 0.15) is 0 Å². The highest BCUT2D eigenvalue weighted by atomic mass is 16.1. The van der Waals surface area contributed by atoms with Gasteiger partial charge >= 0.3 is 0 Å². The van der Waals surface area contributed by atoms with Gasteiger partial charge < -0.3 is 4.90 Å². The molecule has 0 radical (unpaired) electrons. The molecule has 0 heterocycles. The predicted molar refractivity (Wildman–Crippen MR) is 63.1 cm³/mol. The highest BCUT2D eigenvalue weighted by Gasteiger charge is 1.93. The Balaban J connectivity index is 2.54. The summed E-state index contributed by atoms with van der Waals surface area (Å²) in [4.78, 5) is 12.3. The zero-order valence-electron chi connectivity index (χ0n) is 8.67. The number of amides is 1. The van der Waals surface area contributed by atoms with Crippen LogP contribution in [-0.2, 0) is 4.79 Å². The van der Waals surface area contributed by atoms with E-state index in [2.05, 4.69) is 6.58 Å². The van der Waals surface area contributed by atoms with Gasteiger partial charge in [0.15, 0.2) is 0 Å². The van der Waals surface area contributed by atoms with Crippen molar-refractivity contribution in [2.75, 3.05) is 6.54 Å². The van der Waals surface area contributed by atoms with Gasteiger partial charge in [-0.15, -0.1) is 6.58 Å². The largest absolute Gasteiger partial charge is 0.321 e. The Morgan fingerprint density at radius 2 is 2.00 bits per heavy atom. The Kier molecular flexibility index (Phi) is 4.95. The lowest BCUT2D eigenvalue weighted by Gasteiger charge is -2.09. The number of hydrogen-bond acceptors (Lipinski definition) is 1. The van der Waals surface area contributed by atoms with Gasteiger partial charge in [0.25, 0.3) is 0 Å². The lowest BCUT2D eigenvalue weighted by atomic mass is 10.2. The Morgan fingerprint density at radius 1 is 1.27 bits per heavy atom. The van der Waals surface area contributed by atoms with Crippen LogP contribution in [0.4, 0.5) is 0 Å². The van der Waals surface area contributed by atoms with E-state index in [0.717, 1.165) is 18.4 Å². The fourth-order valence-electron chi connectivity index (χ4n) is 1.15. The van der Waals surface area contributed by atoms with Gasteiger partial charge in [-0.1, -0.05) is 36.4 Å². The Bertz CT molecular complexity index is 330. The fourth-order valence-corrected chi connectivity index (χ4v) is 1.15. The average Bonchev–Trinajstić information content (AvgIpc) is 2.31. The number of rotatable bonds is 6. The Labute approximate surface area is 90.5 Å². The zero-order chi connectivity index (χ0) is 10.9. The molecule has 1 aromatic rings. The van der Waals surface area contributed by atoms with E-state index in [-0.39, 0.29) is 0 Å². The second-order valence-corrected chi connectivity index (χ2v) is 3.15. The van der Waals surface area contributed by atoms with Crippen LogP contribution in [0.3, 0.4) is 0 Å². The summed E-state index contributed by atoms with van der Waals surface area (Å²) in [5.74, 6) is 0. The first-order valence-corrected chi connectivity index (χ1v) is 4.92. The van der Waals surface area contributed by atoms with Gasteiger partial charge in [-0.05, 0) is 18.1 Å². The molecule has 0 aliphatic rings. The monoisotopic (exact) mass is 201 g/mol. The van der Waals surface area contributed by atoms with Crippen molar-refractivity contribution in [3.63, 3.8) is 0 Å². The van der Waals surface area contributed by atoms with Gasteiger partial charge in [0.2, 0.25) is 6.41 Å². The third-order valence-corrected chi connectivity index (χ3v) is 1.98. The van der Waals surface area contributed by atoms with Crippen molar-refractivity contribution >= 4 is 12.5 Å². The minimum atomic E-state index is 0.677. The lowest BCUT2D eigenvalue weighted by molar-refractivity contribution is -0.115. The first-order valence-electron chi connectivity index (χ1n) is 4.92. The number of carbonyl (C=O) groups is 1. The molecule has 2 nitrogen and oxygen atoms in total. The standard InChI is InChI=1S/C13H15NO/c1-2-3-10-14(12-15)11-9-13-7-5-4-6-8-13/h2,4-9,11-12H,1,3,10H2/b11-9+. The van der Waals surface area contributed by atoms with Crippen molar-refractivity contribution in [2.45, 2.75) is 6.42 Å². The smallest absolute Gasteiger partial charge is 0.213 e. The summed E-state index contributed by atoms with van der Waals surface area (Å²) in [5.41, 5.74) is 1.09. The molecular weight excluding hydrogens is 186 g/mol. The van der Waals surface area contributed by atoms with E-state index < -0.39 is 0 Å². The molecule has 1 aromatic carbocycles. The molecule has 0 aromatic heterocycles. The van der Waals surface area contributed by atoms with Crippen LogP contribution in [0.5, 0.6) is 0 Å². The van der Waals surface area contributed by atoms with Crippen molar-refractivity contribution in [3.8, 4) is 0 Å². The van der Waals surface area contributed by atoms with Gasteiger partial charge in [-0.25, -0.2) is 0 Å². The van der Waals surface area contributed by atoms with E-state index in [4.69, 9.17) is 0 Å². The summed E-state index contributed by atoms with van der Waals surface area (Å²) in [6, 6.07) is 9.88. The molecular formula is C13H15NO. The molecule has 0 fully saturated rings. The quantitative estimate of drug-likeness (QED) is 0.512. The van der Waals surface area contributed by atoms with Gasteiger partial charge in [-0.2, -0.15) is 0 Å². The third kappa shape index (κ3) is 4.27. The Morgan fingerprint density at radius 3 is 2.60 bits per heavy atom. The molecule has 1 rings (SSSR count). The summed E-state index contributed by atoms with van der Waals surface area (Å²) in [5, 5.41) is 0. The second-order valence-electron chi connectivity index (χ2n) is 3.15. The SMILES string of the molecule is C=CCCN(C=O)/C=C/c1ccccc1. The lowest BCUT2D eigenvalue weighted by Crippen LogP contribution is -2.15. The molecule has 0 aliphatic carbocycles. The van der Waals surface area contributed by atoms with E-state index in [1.54, 1.807) is 17.2 Å². The van der Waals surface area contributed by atoms with Crippen LogP contribution in [0.15, 0.2) is 49.2 Å². The van der Waals surface area contributed by atoms with Gasteiger partial charge in [-0.3, -0.25) is 4.79 Å². The molecule has 0 unspecified atom stereocenters. The summed E-state index contributed by atoms with van der Waals surface area (Å²) >= 11 is 0. The maximum atomic E-state index is 10.7. The number of hydrogen-bond donors (Lipinski definition) is 0. The molecule has 2 heteroatoms. The molecule has 0 atom stereocenters. The van der Waals surface area contributed by atoms with Crippen LogP contribution in [0.2, 0.25) is 0 Å². The van der Waals surface area contributed by atoms with E-state index in [1.807, 2.05) is 36.4 Å². The molecule has 0 saturated heterocycles.